The second-order valence-corrected chi connectivity index (χ2v) is 6.16. The molecule has 0 aromatic heterocycles. The fourth-order valence-corrected chi connectivity index (χ4v) is 2.97. The highest BCUT2D eigenvalue weighted by Crippen LogP contribution is 2.19. The molecule has 1 heterocycles. The third kappa shape index (κ3) is 3.96. The minimum absolute atomic E-state index is 0.0276. The third-order valence-electron chi connectivity index (χ3n) is 3.82. The summed E-state index contributed by atoms with van der Waals surface area (Å²) < 4.78 is 1.07. The maximum absolute atomic E-state index is 12.0. The molecule has 2 amide bonds. The molecule has 4 nitrogen and oxygen atoms in total. The Bertz CT molecular complexity index is 465. The number of nitrogens with zero attached hydrogens (tertiary/aromatic N) is 1. The van der Waals surface area contributed by atoms with Gasteiger partial charge in [0, 0.05) is 30.0 Å². The van der Waals surface area contributed by atoms with Gasteiger partial charge in [0.15, 0.2) is 0 Å². The maximum atomic E-state index is 12.0. The Kier molecular flexibility index (Phi) is 5.43. The highest BCUT2D eigenvalue weighted by atomic mass is 79.9. The SMILES string of the molecule is C[C@@H](O)[C@H]1CCN(C(=O)NCCc2ccccc2Br)C1. The number of aliphatic hydroxyl groups excluding tert-OH is 1. The molecule has 2 atom stereocenters. The Morgan fingerprint density at radius 1 is 1.55 bits per heavy atom. The van der Waals surface area contributed by atoms with Crippen LogP contribution in [0.5, 0.6) is 0 Å². The van der Waals surface area contributed by atoms with Gasteiger partial charge < -0.3 is 15.3 Å². The molecule has 1 aromatic carbocycles. The van der Waals surface area contributed by atoms with Gasteiger partial charge in [0.25, 0.3) is 0 Å². The Balaban J connectivity index is 1.75. The number of aliphatic hydroxyl groups is 1. The van der Waals surface area contributed by atoms with Crippen molar-refractivity contribution in [2.24, 2.45) is 5.92 Å². The quantitative estimate of drug-likeness (QED) is 0.884. The number of likely N-dealkylation sites (tertiary alicyclic amines) is 1. The van der Waals surface area contributed by atoms with E-state index < -0.39 is 0 Å². The van der Waals surface area contributed by atoms with E-state index in [2.05, 4.69) is 27.3 Å². The smallest absolute Gasteiger partial charge is 0.317 e. The molecule has 1 aliphatic rings. The van der Waals surface area contributed by atoms with E-state index in [0.29, 0.717) is 13.1 Å². The van der Waals surface area contributed by atoms with Crippen LogP contribution in [0, 0.1) is 5.92 Å². The van der Waals surface area contributed by atoms with Gasteiger partial charge >= 0.3 is 6.03 Å². The van der Waals surface area contributed by atoms with Crippen molar-refractivity contribution < 1.29 is 9.90 Å². The summed E-state index contributed by atoms with van der Waals surface area (Å²) in [7, 11) is 0. The van der Waals surface area contributed by atoms with Crippen molar-refractivity contribution in [1.82, 2.24) is 10.2 Å². The normalized spacial score (nSPS) is 19.9. The van der Waals surface area contributed by atoms with Crippen LogP contribution in [0.25, 0.3) is 0 Å². The Morgan fingerprint density at radius 3 is 2.95 bits per heavy atom. The van der Waals surface area contributed by atoms with Crippen LogP contribution in [0.1, 0.15) is 18.9 Å². The van der Waals surface area contributed by atoms with Crippen molar-refractivity contribution in [3.05, 3.63) is 34.3 Å². The number of urea groups is 1. The first kappa shape index (κ1) is 15.3. The van der Waals surface area contributed by atoms with Gasteiger partial charge in [-0.05, 0) is 31.4 Å². The molecule has 0 saturated carbocycles. The summed E-state index contributed by atoms with van der Waals surface area (Å²) in [6.45, 7) is 3.80. The van der Waals surface area contributed by atoms with Crippen LogP contribution < -0.4 is 5.32 Å². The lowest BCUT2D eigenvalue weighted by atomic mass is 10.0. The molecule has 1 aromatic rings. The van der Waals surface area contributed by atoms with Gasteiger partial charge in [0.05, 0.1) is 6.10 Å². The molecule has 1 saturated heterocycles. The first-order valence-corrected chi connectivity index (χ1v) is 7.81. The zero-order valence-corrected chi connectivity index (χ0v) is 13.3. The third-order valence-corrected chi connectivity index (χ3v) is 4.60. The van der Waals surface area contributed by atoms with Gasteiger partial charge in [0.1, 0.15) is 0 Å². The Hall–Kier alpha value is -1.07. The minimum atomic E-state index is -0.340. The van der Waals surface area contributed by atoms with Crippen molar-refractivity contribution in [2.45, 2.75) is 25.9 Å². The molecule has 20 heavy (non-hydrogen) atoms. The molecule has 1 aliphatic heterocycles. The van der Waals surface area contributed by atoms with Crippen LogP contribution >= 0.6 is 15.9 Å². The van der Waals surface area contributed by atoms with Crippen molar-refractivity contribution in [3.63, 3.8) is 0 Å². The van der Waals surface area contributed by atoms with Crippen LogP contribution in [0.15, 0.2) is 28.7 Å². The first-order valence-electron chi connectivity index (χ1n) is 7.02. The average Bonchev–Trinajstić information content (AvgIpc) is 2.91. The van der Waals surface area contributed by atoms with Gasteiger partial charge in [-0.3, -0.25) is 0 Å². The highest BCUT2D eigenvalue weighted by Gasteiger charge is 2.28. The standard InChI is InChI=1S/C15H21BrN2O2/c1-11(19)13-7-9-18(10-13)15(20)17-8-6-12-4-2-3-5-14(12)16/h2-5,11,13,19H,6-10H2,1H3,(H,17,20)/t11-,13+/m1/s1. The number of benzene rings is 1. The highest BCUT2D eigenvalue weighted by molar-refractivity contribution is 9.10. The van der Waals surface area contributed by atoms with Crippen molar-refractivity contribution >= 4 is 22.0 Å². The predicted octanol–water partition coefficient (Wildman–Crippen LogP) is 2.40. The van der Waals surface area contributed by atoms with E-state index in [0.717, 1.165) is 23.9 Å². The van der Waals surface area contributed by atoms with Crippen LogP contribution in [0.2, 0.25) is 0 Å². The molecule has 110 valence electrons. The van der Waals surface area contributed by atoms with Gasteiger partial charge in [-0.1, -0.05) is 34.1 Å². The molecule has 0 aliphatic carbocycles. The van der Waals surface area contributed by atoms with E-state index in [1.165, 1.54) is 5.56 Å². The van der Waals surface area contributed by atoms with Crippen LogP contribution in [-0.2, 0) is 6.42 Å². The topological polar surface area (TPSA) is 52.6 Å². The fraction of sp³-hybridized carbons (Fsp3) is 0.533. The van der Waals surface area contributed by atoms with E-state index in [1.807, 2.05) is 18.2 Å². The van der Waals surface area contributed by atoms with E-state index >= 15 is 0 Å². The number of carbonyl (C=O) groups excluding carboxylic acids is 1. The lowest BCUT2D eigenvalue weighted by Gasteiger charge is -2.18. The van der Waals surface area contributed by atoms with Gasteiger partial charge in [-0.25, -0.2) is 4.79 Å². The minimum Gasteiger partial charge on any atom is -0.393 e. The number of amides is 2. The number of nitrogens with one attached hydrogen (secondary N) is 1. The molecule has 2 N–H and O–H groups in total. The molecule has 0 radical (unpaired) electrons. The number of rotatable bonds is 4. The van der Waals surface area contributed by atoms with E-state index in [1.54, 1.807) is 11.8 Å². The van der Waals surface area contributed by atoms with Crippen LogP contribution in [0.3, 0.4) is 0 Å². The molecular weight excluding hydrogens is 320 g/mol. The Morgan fingerprint density at radius 2 is 2.30 bits per heavy atom. The summed E-state index contributed by atoms with van der Waals surface area (Å²) in [6, 6.07) is 8.00. The van der Waals surface area contributed by atoms with Gasteiger partial charge in [-0.2, -0.15) is 0 Å². The first-order chi connectivity index (χ1) is 9.58. The molecule has 0 unspecified atom stereocenters. The number of halogens is 1. The summed E-state index contributed by atoms with van der Waals surface area (Å²) in [5.74, 6) is 0.212. The average molecular weight is 341 g/mol. The van der Waals surface area contributed by atoms with Crippen molar-refractivity contribution in [2.75, 3.05) is 19.6 Å². The fourth-order valence-electron chi connectivity index (χ4n) is 2.48. The second kappa shape index (κ2) is 7.09. The largest absolute Gasteiger partial charge is 0.393 e. The van der Waals surface area contributed by atoms with E-state index in [4.69, 9.17) is 0 Å². The molecule has 0 bridgehead atoms. The van der Waals surface area contributed by atoms with E-state index in [9.17, 15) is 9.90 Å². The second-order valence-electron chi connectivity index (χ2n) is 5.31. The summed E-state index contributed by atoms with van der Waals surface area (Å²) in [5, 5.41) is 12.5. The monoisotopic (exact) mass is 340 g/mol. The zero-order valence-electron chi connectivity index (χ0n) is 11.7. The zero-order chi connectivity index (χ0) is 14.5. The number of carbonyl (C=O) groups is 1. The molecular formula is C15H21BrN2O2. The molecule has 5 heteroatoms. The predicted molar refractivity (Wildman–Crippen MR) is 82.6 cm³/mol. The van der Waals surface area contributed by atoms with Gasteiger partial charge in [0.2, 0.25) is 0 Å². The summed E-state index contributed by atoms with van der Waals surface area (Å²) in [6.07, 6.45) is 1.35. The van der Waals surface area contributed by atoms with E-state index in [-0.39, 0.29) is 18.1 Å². The maximum Gasteiger partial charge on any atom is 0.317 e. The number of hydrogen-bond acceptors (Lipinski definition) is 2. The molecule has 0 spiro atoms. The Labute approximate surface area is 128 Å². The van der Waals surface area contributed by atoms with Crippen LogP contribution in [-0.4, -0.2) is 41.8 Å². The van der Waals surface area contributed by atoms with Crippen LogP contribution in [0.4, 0.5) is 4.79 Å². The van der Waals surface area contributed by atoms with Gasteiger partial charge in [-0.15, -0.1) is 0 Å². The lowest BCUT2D eigenvalue weighted by molar-refractivity contribution is 0.129. The summed E-state index contributed by atoms with van der Waals surface area (Å²) >= 11 is 3.50. The summed E-state index contributed by atoms with van der Waals surface area (Å²) in [5.41, 5.74) is 1.19. The lowest BCUT2D eigenvalue weighted by Crippen LogP contribution is -2.39. The number of hydrogen-bond donors (Lipinski definition) is 2. The molecule has 2 rings (SSSR count). The molecule has 1 fully saturated rings. The summed E-state index contributed by atoms with van der Waals surface area (Å²) in [4.78, 5) is 13.8. The van der Waals surface area contributed by atoms with Crippen molar-refractivity contribution in [3.8, 4) is 0 Å². The van der Waals surface area contributed by atoms with Crippen molar-refractivity contribution in [1.29, 1.82) is 0 Å².